The molecule has 0 saturated carbocycles. The van der Waals surface area contributed by atoms with Crippen LogP contribution in [-0.4, -0.2) is 49.0 Å². The van der Waals surface area contributed by atoms with Crippen molar-refractivity contribution in [2.45, 2.75) is 6.92 Å². The van der Waals surface area contributed by atoms with Gasteiger partial charge in [-0.25, -0.2) is 0 Å². The number of hydrogen-bond acceptors (Lipinski definition) is 6. The van der Waals surface area contributed by atoms with E-state index in [1.165, 1.54) is 0 Å². The second kappa shape index (κ2) is 9.37. The molecule has 1 fully saturated rings. The first-order chi connectivity index (χ1) is 14.7. The molecule has 3 aromatic rings. The quantitative estimate of drug-likeness (QED) is 0.676. The van der Waals surface area contributed by atoms with Crippen molar-refractivity contribution in [2.24, 2.45) is 0 Å². The van der Waals surface area contributed by atoms with Crippen LogP contribution in [-0.2, 0) is 4.74 Å². The standard InChI is InChI=1S/C23H24N4O3/c1-2-30-20-9-5-18(6-10-20)23(28)24-19-7-3-17(4-8-19)21-11-12-22(26-25-21)27-13-15-29-16-14-27/h3-12H,2,13-16H2,1H3,(H,24,28). The van der Waals surface area contributed by atoms with Gasteiger partial charge in [0.05, 0.1) is 25.5 Å². The minimum atomic E-state index is -0.166. The summed E-state index contributed by atoms with van der Waals surface area (Å²) in [4.78, 5) is 14.6. The first-order valence-corrected chi connectivity index (χ1v) is 10.0. The van der Waals surface area contributed by atoms with Crippen molar-refractivity contribution >= 4 is 17.4 Å². The van der Waals surface area contributed by atoms with Crippen LogP contribution in [0.4, 0.5) is 11.5 Å². The topological polar surface area (TPSA) is 76.6 Å². The average Bonchev–Trinajstić information content (AvgIpc) is 2.81. The fourth-order valence-corrected chi connectivity index (χ4v) is 3.24. The first kappa shape index (κ1) is 19.8. The largest absolute Gasteiger partial charge is 0.494 e. The van der Waals surface area contributed by atoms with E-state index in [-0.39, 0.29) is 5.91 Å². The first-order valence-electron chi connectivity index (χ1n) is 10.0. The van der Waals surface area contributed by atoms with Crippen LogP contribution in [0.15, 0.2) is 60.7 Å². The molecule has 1 amide bonds. The van der Waals surface area contributed by atoms with E-state index < -0.39 is 0 Å². The number of ether oxygens (including phenoxy) is 2. The molecule has 2 heterocycles. The number of nitrogens with one attached hydrogen (secondary N) is 1. The van der Waals surface area contributed by atoms with E-state index in [2.05, 4.69) is 20.4 Å². The molecule has 1 aliphatic heterocycles. The molecule has 154 valence electrons. The highest BCUT2D eigenvalue weighted by Gasteiger charge is 2.13. The summed E-state index contributed by atoms with van der Waals surface area (Å²) in [5, 5.41) is 11.6. The summed E-state index contributed by atoms with van der Waals surface area (Å²) < 4.78 is 10.8. The van der Waals surface area contributed by atoms with Crippen LogP contribution in [0.3, 0.4) is 0 Å². The van der Waals surface area contributed by atoms with Gasteiger partial charge in [-0.15, -0.1) is 10.2 Å². The third kappa shape index (κ3) is 4.75. The van der Waals surface area contributed by atoms with Crippen molar-refractivity contribution in [1.29, 1.82) is 0 Å². The molecule has 2 aromatic carbocycles. The summed E-state index contributed by atoms with van der Waals surface area (Å²) in [5.74, 6) is 1.45. The summed E-state index contributed by atoms with van der Waals surface area (Å²) in [6.07, 6.45) is 0. The number of hydrogen-bond donors (Lipinski definition) is 1. The summed E-state index contributed by atoms with van der Waals surface area (Å²) in [6.45, 7) is 5.61. The van der Waals surface area contributed by atoms with Crippen LogP contribution in [0.2, 0.25) is 0 Å². The summed E-state index contributed by atoms with van der Waals surface area (Å²) in [6, 6.07) is 18.6. The van der Waals surface area contributed by atoms with Crippen molar-refractivity contribution in [3.05, 3.63) is 66.2 Å². The maximum atomic E-state index is 12.4. The normalized spacial score (nSPS) is 13.7. The van der Waals surface area contributed by atoms with Crippen LogP contribution in [0.1, 0.15) is 17.3 Å². The average molecular weight is 404 g/mol. The number of benzene rings is 2. The van der Waals surface area contributed by atoms with Gasteiger partial charge < -0.3 is 19.7 Å². The van der Waals surface area contributed by atoms with Crippen molar-refractivity contribution in [1.82, 2.24) is 10.2 Å². The Balaban J connectivity index is 1.39. The Morgan fingerprint density at radius 1 is 1.00 bits per heavy atom. The molecule has 0 bridgehead atoms. The van der Waals surface area contributed by atoms with Crippen molar-refractivity contribution < 1.29 is 14.3 Å². The zero-order valence-corrected chi connectivity index (χ0v) is 16.9. The second-order valence-electron chi connectivity index (χ2n) is 6.87. The summed E-state index contributed by atoms with van der Waals surface area (Å²) >= 11 is 0. The van der Waals surface area contributed by atoms with Crippen LogP contribution in [0, 0.1) is 0 Å². The lowest BCUT2D eigenvalue weighted by Crippen LogP contribution is -2.36. The monoisotopic (exact) mass is 404 g/mol. The van der Waals surface area contributed by atoms with Gasteiger partial charge in [-0.3, -0.25) is 4.79 Å². The van der Waals surface area contributed by atoms with Crippen LogP contribution in [0.25, 0.3) is 11.3 Å². The highest BCUT2D eigenvalue weighted by atomic mass is 16.5. The molecular weight excluding hydrogens is 380 g/mol. The SMILES string of the molecule is CCOc1ccc(C(=O)Nc2ccc(-c3ccc(N4CCOCC4)nn3)cc2)cc1. The third-order valence-electron chi connectivity index (χ3n) is 4.85. The number of rotatable bonds is 6. The number of amides is 1. The van der Waals surface area contributed by atoms with E-state index in [1.54, 1.807) is 24.3 Å². The number of anilines is 2. The molecule has 1 aliphatic rings. The third-order valence-corrected chi connectivity index (χ3v) is 4.85. The van der Waals surface area contributed by atoms with E-state index in [0.29, 0.717) is 25.4 Å². The van der Waals surface area contributed by atoms with Gasteiger partial charge in [-0.1, -0.05) is 12.1 Å². The summed E-state index contributed by atoms with van der Waals surface area (Å²) in [7, 11) is 0. The van der Waals surface area contributed by atoms with Gasteiger partial charge in [0.1, 0.15) is 5.75 Å². The smallest absolute Gasteiger partial charge is 0.255 e. The Hall–Kier alpha value is -3.45. The van der Waals surface area contributed by atoms with E-state index in [9.17, 15) is 4.79 Å². The molecular formula is C23H24N4O3. The molecule has 0 spiro atoms. The second-order valence-corrected chi connectivity index (χ2v) is 6.87. The van der Waals surface area contributed by atoms with Gasteiger partial charge in [0.15, 0.2) is 5.82 Å². The lowest BCUT2D eigenvalue weighted by Gasteiger charge is -2.27. The number of nitrogens with zero attached hydrogens (tertiary/aromatic N) is 3. The lowest BCUT2D eigenvalue weighted by atomic mass is 10.1. The van der Waals surface area contributed by atoms with Crippen molar-refractivity contribution in [3.8, 4) is 17.0 Å². The zero-order valence-electron chi connectivity index (χ0n) is 16.9. The molecule has 30 heavy (non-hydrogen) atoms. The maximum absolute atomic E-state index is 12.4. The van der Waals surface area contributed by atoms with Gasteiger partial charge in [-0.2, -0.15) is 0 Å². The molecule has 0 atom stereocenters. The lowest BCUT2D eigenvalue weighted by molar-refractivity contribution is 0.102. The van der Waals surface area contributed by atoms with Gasteiger partial charge in [0.2, 0.25) is 0 Å². The Morgan fingerprint density at radius 2 is 1.73 bits per heavy atom. The predicted octanol–water partition coefficient (Wildman–Crippen LogP) is 3.63. The minimum absolute atomic E-state index is 0.166. The molecule has 1 N–H and O–H groups in total. The van der Waals surface area contributed by atoms with Gasteiger partial charge >= 0.3 is 0 Å². The van der Waals surface area contributed by atoms with Crippen molar-refractivity contribution in [2.75, 3.05) is 43.1 Å². The molecule has 1 saturated heterocycles. The molecule has 7 nitrogen and oxygen atoms in total. The summed E-state index contributed by atoms with van der Waals surface area (Å²) in [5.41, 5.74) is 3.02. The number of morpholine rings is 1. The Bertz CT molecular complexity index is 967. The number of aromatic nitrogens is 2. The van der Waals surface area contributed by atoms with Gasteiger partial charge in [0.25, 0.3) is 5.91 Å². The van der Waals surface area contributed by atoms with Gasteiger partial charge in [0, 0.05) is 29.9 Å². The van der Waals surface area contributed by atoms with Gasteiger partial charge in [-0.05, 0) is 55.5 Å². The fraction of sp³-hybridized carbons (Fsp3) is 0.261. The van der Waals surface area contributed by atoms with Crippen LogP contribution in [0.5, 0.6) is 5.75 Å². The Labute approximate surface area is 175 Å². The number of carbonyl (C=O) groups is 1. The highest BCUT2D eigenvalue weighted by Crippen LogP contribution is 2.22. The molecule has 0 unspecified atom stereocenters. The van der Waals surface area contributed by atoms with Crippen LogP contribution >= 0.6 is 0 Å². The van der Waals surface area contributed by atoms with E-state index >= 15 is 0 Å². The molecule has 0 aliphatic carbocycles. The highest BCUT2D eigenvalue weighted by molar-refractivity contribution is 6.04. The van der Waals surface area contributed by atoms with Crippen molar-refractivity contribution in [3.63, 3.8) is 0 Å². The Morgan fingerprint density at radius 3 is 2.37 bits per heavy atom. The zero-order chi connectivity index (χ0) is 20.8. The molecule has 1 aromatic heterocycles. The molecule has 4 rings (SSSR count). The predicted molar refractivity (Wildman–Crippen MR) is 116 cm³/mol. The maximum Gasteiger partial charge on any atom is 0.255 e. The van der Waals surface area contributed by atoms with E-state index in [0.717, 1.165) is 41.6 Å². The Kier molecular flexibility index (Phi) is 6.20. The molecule has 0 radical (unpaired) electrons. The fourth-order valence-electron chi connectivity index (χ4n) is 3.24. The minimum Gasteiger partial charge on any atom is -0.494 e. The van der Waals surface area contributed by atoms with E-state index in [4.69, 9.17) is 9.47 Å². The molecule has 7 heteroatoms. The van der Waals surface area contributed by atoms with Crippen LogP contribution < -0.4 is 15.0 Å². The number of carbonyl (C=O) groups excluding carboxylic acids is 1. The van der Waals surface area contributed by atoms with E-state index in [1.807, 2.05) is 43.3 Å².